The summed E-state index contributed by atoms with van der Waals surface area (Å²) in [6, 6.07) is 0.927. The molecule has 0 aliphatic carbocycles. The van der Waals surface area contributed by atoms with Gasteiger partial charge in [-0.1, -0.05) is 18.5 Å². The number of aliphatic carboxylic acids is 1. The summed E-state index contributed by atoms with van der Waals surface area (Å²) in [7, 11) is -3.86. The summed E-state index contributed by atoms with van der Waals surface area (Å²) >= 11 is 6.27. The lowest BCUT2D eigenvalue weighted by molar-refractivity contribution is -0.384. The van der Waals surface area contributed by atoms with Crippen LogP contribution in [0.5, 0.6) is 0 Å². The zero-order valence-corrected chi connectivity index (χ0v) is 13.1. The van der Waals surface area contributed by atoms with Crippen LogP contribution in [-0.4, -0.2) is 41.8 Å². The standard InChI is InChI=1S/C10H11ClN2O6S2/c1-5(10(14)15)6-3-12(4-6)21(18,19)8-2-7(13(16)17)9(11)20-8/h2,5-6H,3-4H2,1H3,(H,14,15). The van der Waals surface area contributed by atoms with E-state index in [-0.39, 0.29) is 27.6 Å². The molecule has 116 valence electrons. The van der Waals surface area contributed by atoms with E-state index in [1.165, 1.54) is 6.92 Å². The molecule has 21 heavy (non-hydrogen) atoms. The number of carboxylic acids is 1. The first-order chi connectivity index (χ1) is 9.64. The molecule has 8 nitrogen and oxygen atoms in total. The van der Waals surface area contributed by atoms with Crippen molar-refractivity contribution in [1.82, 2.24) is 4.31 Å². The van der Waals surface area contributed by atoms with Crippen molar-refractivity contribution in [2.24, 2.45) is 11.8 Å². The van der Waals surface area contributed by atoms with Gasteiger partial charge in [-0.3, -0.25) is 14.9 Å². The van der Waals surface area contributed by atoms with Gasteiger partial charge in [-0.15, -0.1) is 11.3 Å². The van der Waals surface area contributed by atoms with Crippen LogP contribution in [0, 0.1) is 22.0 Å². The summed E-state index contributed by atoms with van der Waals surface area (Å²) in [6.45, 7) is 1.68. The smallest absolute Gasteiger partial charge is 0.306 e. The van der Waals surface area contributed by atoms with E-state index in [1.54, 1.807) is 0 Å². The highest BCUT2D eigenvalue weighted by atomic mass is 35.5. The molecule has 1 aliphatic rings. The average Bonchev–Trinajstić information content (AvgIpc) is 2.69. The van der Waals surface area contributed by atoms with Crippen molar-refractivity contribution >= 4 is 44.6 Å². The fourth-order valence-corrected chi connectivity index (χ4v) is 5.27. The number of halogens is 1. The molecule has 1 aromatic heterocycles. The third kappa shape index (κ3) is 2.89. The monoisotopic (exact) mass is 354 g/mol. The summed E-state index contributed by atoms with van der Waals surface area (Å²) in [6.07, 6.45) is 0. The molecule has 2 heterocycles. The van der Waals surface area contributed by atoms with Gasteiger partial charge < -0.3 is 5.11 Å². The molecule has 1 fully saturated rings. The molecule has 0 radical (unpaired) electrons. The van der Waals surface area contributed by atoms with Crippen molar-refractivity contribution in [1.29, 1.82) is 0 Å². The van der Waals surface area contributed by atoms with Crippen LogP contribution in [0.3, 0.4) is 0 Å². The van der Waals surface area contributed by atoms with E-state index in [4.69, 9.17) is 16.7 Å². The Labute approximate surface area is 129 Å². The van der Waals surface area contributed by atoms with Crippen LogP contribution in [0.25, 0.3) is 0 Å². The second-order valence-electron chi connectivity index (χ2n) is 4.69. The molecule has 0 aromatic carbocycles. The first-order valence-electron chi connectivity index (χ1n) is 5.81. The van der Waals surface area contributed by atoms with Crippen LogP contribution in [0.2, 0.25) is 4.34 Å². The summed E-state index contributed by atoms with van der Waals surface area (Å²) in [5, 5.41) is 19.6. The lowest BCUT2D eigenvalue weighted by Crippen LogP contribution is -2.53. The number of thiophene rings is 1. The number of hydrogen-bond donors (Lipinski definition) is 1. The van der Waals surface area contributed by atoms with Crippen LogP contribution < -0.4 is 0 Å². The molecule has 1 aliphatic heterocycles. The topological polar surface area (TPSA) is 118 Å². The van der Waals surface area contributed by atoms with Crippen LogP contribution in [0.4, 0.5) is 5.69 Å². The van der Waals surface area contributed by atoms with Gasteiger partial charge in [0.15, 0.2) is 4.34 Å². The molecule has 0 saturated carbocycles. The lowest BCUT2D eigenvalue weighted by atomic mass is 9.89. The van der Waals surface area contributed by atoms with Crippen molar-refractivity contribution in [3.63, 3.8) is 0 Å². The maximum absolute atomic E-state index is 12.2. The first kappa shape index (κ1) is 16.1. The highest BCUT2D eigenvalue weighted by Crippen LogP contribution is 2.39. The highest BCUT2D eigenvalue weighted by molar-refractivity contribution is 7.91. The fraction of sp³-hybridized carbons (Fsp3) is 0.500. The minimum Gasteiger partial charge on any atom is -0.481 e. The van der Waals surface area contributed by atoms with Gasteiger partial charge in [-0.2, -0.15) is 4.31 Å². The van der Waals surface area contributed by atoms with E-state index in [1.807, 2.05) is 0 Å². The maximum Gasteiger partial charge on any atom is 0.306 e. The summed E-state index contributed by atoms with van der Waals surface area (Å²) in [5.74, 6) is -1.88. The van der Waals surface area contributed by atoms with Crippen molar-refractivity contribution < 1.29 is 23.2 Å². The molecule has 2 rings (SSSR count). The van der Waals surface area contributed by atoms with Gasteiger partial charge in [0.25, 0.3) is 15.7 Å². The molecule has 1 saturated heterocycles. The average molecular weight is 355 g/mol. The number of hydrogen-bond acceptors (Lipinski definition) is 6. The fourth-order valence-electron chi connectivity index (χ4n) is 1.90. The molecule has 1 atom stereocenters. The van der Waals surface area contributed by atoms with Gasteiger partial charge in [0.1, 0.15) is 4.21 Å². The number of nitro groups is 1. The van der Waals surface area contributed by atoms with Crippen LogP contribution in [-0.2, 0) is 14.8 Å². The largest absolute Gasteiger partial charge is 0.481 e. The third-order valence-corrected chi connectivity index (χ3v) is 7.03. The second kappa shape index (κ2) is 5.52. The minimum atomic E-state index is -3.86. The molecule has 0 amide bonds. The zero-order chi connectivity index (χ0) is 15.9. The summed E-state index contributed by atoms with van der Waals surface area (Å²) in [5.41, 5.74) is -0.448. The van der Waals surface area contributed by atoms with Gasteiger partial charge in [0.2, 0.25) is 0 Å². The summed E-state index contributed by atoms with van der Waals surface area (Å²) < 4.78 is 25.2. The number of sulfonamides is 1. The molecule has 1 aromatic rings. The highest BCUT2D eigenvalue weighted by Gasteiger charge is 2.42. The predicted octanol–water partition coefficient (Wildman–Crippen LogP) is 1.65. The third-order valence-electron chi connectivity index (χ3n) is 3.41. The van der Waals surface area contributed by atoms with Gasteiger partial charge in [-0.25, -0.2) is 8.42 Å². The molecule has 1 N–H and O–H groups in total. The number of carboxylic acid groups (broad SMARTS) is 1. The molecule has 1 unspecified atom stereocenters. The molecular weight excluding hydrogens is 344 g/mol. The number of nitrogens with zero attached hydrogens (tertiary/aromatic N) is 2. The van der Waals surface area contributed by atoms with E-state index in [0.717, 1.165) is 10.4 Å². The Bertz CT molecular complexity index is 694. The lowest BCUT2D eigenvalue weighted by Gasteiger charge is -2.39. The van der Waals surface area contributed by atoms with Gasteiger partial charge >= 0.3 is 5.97 Å². The van der Waals surface area contributed by atoms with Crippen molar-refractivity contribution in [2.45, 2.75) is 11.1 Å². The Balaban J connectivity index is 2.16. The predicted molar refractivity (Wildman–Crippen MR) is 75.0 cm³/mol. The Morgan fingerprint density at radius 1 is 1.62 bits per heavy atom. The maximum atomic E-state index is 12.2. The Kier molecular flexibility index (Phi) is 4.24. The van der Waals surface area contributed by atoms with Crippen molar-refractivity contribution in [2.75, 3.05) is 13.1 Å². The minimum absolute atomic E-state index is 0.0825. The van der Waals surface area contributed by atoms with E-state index < -0.39 is 32.5 Å². The van der Waals surface area contributed by atoms with Crippen LogP contribution >= 0.6 is 22.9 Å². The van der Waals surface area contributed by atoms with Crippen LogP contribution in [0.15, 0.2) is 10.3 Å². The molecular formula is C10H11ClN2O6S2. The van der Waals surface area contributed by atoms with Gasteiger partial charge in [0.05, 0.1) is 10.8 Å². The Hall–Kier alpha value is -1.23. The van der Waals surface area contributed by atoms with Gasteiger partial charge in [-0.05, 0) is 5.92 Å². The van der Waals surface area contributed by atoms with E-state index >= 15 is 0 Å². The zero-order valence-electron chi connectivity index (χ0n) is 10.7. The van der Waals surface area contributed by atoms with Crippen molar-refractivity contribution in [3.05, 3.63) is 20.5 Å². The van der Waals surface area contributed by atoms with E-state index in [0.29, 0.717) is 11.3 Å². The van der Waals surface area contributed by atoms with Crippen molar-refractivity contribution in [3.8, 4) is 0 Å². The van der Waals surface area contributed by atoms with E-state index in [9.17, 15) is 23.3 Å². The first-order valence-corrected chi connectivity index (χ1v) is 8.44. The molecule has 11 heteroatoms. The quantitative estimate of drug-likeness (QED) is 0.634. The number of rotatable bonds is 5. The molecule has 0 bridgehead atoms. The SMILES string of the molecule is CC(C(=O)O)C1CN(S(=O)(=O)c2cc([N+](=O)[O-])c(Cl)s2)C1. The van der Waals surface area contributed by atoms with Gasteiger partial charge in [0, 0.05) is 19.2 Å². The van der Waals surface area contributed by atoms with Crippen LogP contribution in [0.1, 0.15) is 6.92 Å². The van der Waals surface area contributed by atoms with E-state index in [2.05, 4.69) is 0 Å². The summed E-state index contributed by atoms with van der Waals surface area (Å²) in [4.78, 5) is 20.8. The Morgan fingerprint density at radius 2 is 2.19 bits per heavy atom. The normalized spacial score (nSPS) is 18.2. The Morgan fingerprint density at radius 3 is 2.62 bits per heavy atom. The number of carbonyl (C=O) groups is 1. The second-order valence-corrected chi connectivity index (χ2v) is 8.51. The molecule has 0 spiro atoms.